The van der Waals surface area contributed by atoms with Crippen molar-refractivity contribution in [2.45, 2.75) is 32.7 Å². The highest BCUT2D eigenvalue weighted by Crippen LogP contribution is 2.24. The molecule has 0 fully saturated rings. The van der Waals surface area contributed by atoms with Crippen LogP contribution >= 0.6 is 0 Å². The van der Waals surface area contributed by atoms with E-state index in [0.29, 0.717) is 23.8 Å². The fourth-order valence-electron chi connectivity index (χ4n) is 2.76. The maximum atomic E-state index is 12.8. The standard InChI is InChI=1S/C22H25N5O2/c1-22(2,3)16-5-7-17(8-6-16)26-21(28)18-10-12-25-27-20(18)24-14-15-9-11-23-19(13-15)29-4/h5-13H,14H2,1-4H3,(H,24,27)(H,26,28). The zero-order chi connectivity index (χ0) is 20.9. The van der Waals surface area contributed by atoms with E-state index in [1.807, 2.05) is 36.4 Å². The Balaban J connectivity index is 1.71. The summed E-state index contributed by atoms with van der Waals surface area (Å²) in [7, 11) is 1.57. The molecule has 3 rings (SSSR count). The van der Waals surface area contributed by atoms with Gasteiger partial charge in [0.15, 0.2) is 5.82 Å². The van der Waals surface area contributed by atoms with Crippen LogP contribution in [0.5, 0.6) is 5.88 Å². The Labute approximate surface area is 170 Å². The van der Waals surface area contributed by atoms with Crippen molar-refractivity contribution >= 4 is 17.4 Å². The van der Waals surface area contributed by atoms with E-state index in [1.165, 1.54) is 11.8 Å². The first-order chi connectivity index (χ1) is 13.9. The summed E-state index contributed by atoms with van der Waals surface area (Å²) in [6.45, 7) is 6.91. The highest BCUT2D eigenvalue weighted by Gasteiger charge is 2.15. The highest BCUT2D eigenvalue weighted by molar-refractivity contribution is 6.07. The minimum Gasteiger partial charge on any atom is -0.481 e. The maximum absolute atomic E-state index is 12.8. The normalized spacial score (nSPS) is 11.0. The molecule has 0 saturated heterocycles. The molecule has 0 bridgehead atoms. The summed E-state index contributed by atoms with van der Waals surface area (Å²) >= 11 is 0. The van der Waals surface area contributed by atoms with Gasteiger partial charge in [0.25, 0.3) is 5.91 Å². The van der Waals surface area contributed by atoms with Crippen molar-refractivity contribution < 1.29 is 9.53 Å². The average Bonchev–Trinajstić information content (AvgIpc) is 2.72. The van der Waals surface area contributed by atoms with E-state index in [2.05, 4.69) is 46.6 Å². The molecule has 7 heteroatoms. The molecule has 3 aromatic rings. The van der Waals surface area contributed by atoms with Crippen molar-refractivity contribution in [1.29, 1.82) is 0 Å². The number of benzene rings is 1. The second-order valence-corrected chi connectivity index (χ2v) is 7.63. The van der Waals surface area contributed by atoms with Gasteiger partial charge in [-0.3, -0.25) is 4.79 Å². The molecule has 2 heterocycles. The van der Waals surface area contributed by atoms with Gasteiger partial charge in [-0.1, -0.05) is 32.9 Å². The first-order valence-corrected chi connectivity index (χ1v) is 9.33. The van der Waals surface area contributed by atoms with Crippen molar-refractivity contribution in [3.63, 3.8) is 0 Å². The molecule has 0 unspecified atom stereocenters. The van der Waals surface area contributed by atoms with E-state index < -0.39 is 0 Å². The first-order valence-electron chi connectivity index (χ1n) is 9.33. The monoisotopic (exact) mass is 391 g/mol. The van der Waals surface area contributed by atoms with Gasteiger partial charge in [0.1, 0.15) is 0 Å². The lowest BCUT2D eigenvalue weighted by molar-refractivity contribution is 0.102. The number of anilines is 2. The Kier molecular flexibility index (Phi) is 6.07. The summed E-state index contributed by atoms with van der Waals surface area (Å²) in [6, 6.07) is 13.2. The third-order valence-electron chi connectivity index (χ3n) is 4.44. The second kappa shape index (κ2) is 8.68. The molecule has 29 heavy (non-hydrogen) atoms. The third kappa shape index (κ3) is 5.28. The zero-order valence-electron chi connectivity index (χ0n) is 17.1. The van der Waals surface area contributed by atoms with Gasteiger partial charge in [-0.25, -0.2) is 4.98 Å². The fourth-order valence-corrected chi connectivity index (χ4v) is 2.76. The number of hydrogen-bond acceptors (Lipinski definition) is 6. The van der Waals surface area contributed by atoms with Gasteiger partial charge in [-0.15, -0.1) is 5.10 Å². The topological polar surface area (TPSA) is 89.0 Å². The van der Waals surface area contributed by atoms with E-state index in [9.17, 15) is 4.79 Å². The number of nitrogens with zero attached hydrogens (tertiary/aromatic N) is 3. The summed E-state index contributed by atoms with van der Waals surface area (Å²) in [5, 5.41) is 14.0. The Morgan fingerprint density at radius 3 is 2.52 bits per heavy atom. The minimum atomic E-state index is -0.252. The average molecular weight is 391 g/mol. The van der Waals surface area contributed by atoms with Gasteiger partial charge >= 0.3 is 0 Å². The molecule has 1 amide bonds. The first kappa shape index (κ1) is 20.3. The summed E-state index contributed by atoms with van der Waals surface area (Å²) in [5.41, 5.74) is 3.36. The molecule has 0 aliphatic heterocycles. The minimum absolute atomic E-state index is 0.0598. The number of aromatic nitrogens is 3. The molecule has 0 aliphatic carbocycles. The van der Waals surface area contributed by atoms with Crippen LogP contribution in [0.25, 0.3) is 0 Å². The smallest absolute Gasteiger partial charge is 0.259 e. The largest absolute Gasteiger partial charge is 0.481 e. The molecule has 0 radical (unpaired) electrons. The number of carbonyl (C=O) groups excluding carboxylic acids is 1. The third-order valence-corrected chi connectivity index (χ3v) is 4.44. The predicted molar refractivity (Wildman–Crippen MR) is 113 cm³/mol. The van der Waals surface area contributed by atoms with Crippen LogP contribution in [0.1, 0.15) is 42.3 Å². The van der Waals surface area contributed by atoms with Crippen molar-refractivity contribution in [3.05, 3.63) is 71.5 Å². The summed E-state index contributed by atoms with van der Waals surface area (Å²) in [4.78, 5) is 16.9. The zero-order valence-corrected chi connectivity index (χ0v) is 17.1. The van der Waals surface area contributed by atoms with E-state index in [0.717, 1.165) is 11.3 Å². The van der Waals surface area contributed by atoms with Gasteiger partial charge in [0.05, 0.1) is 18.9 Å². The maximum Gasteiger partial charge on any atom is 0.259 e. The quantitative estimate of drug-likeness (QED) is 0.659. The number of amides is 1. The Bertz CT molecular complexity index is 981. The van der Waals surface area contributed by atoms with Crippen molar-refractivity contribution in [1.82, 2.24) is 15.2 Å². The van der Waals surface area contributed by atoms with Gasteiger partial charge < -0.3 is 15.4 Å². The van der Waals surface area contributed by atoms with Gasteiger partial charge in [-0.2, -0.15) is 5.10 Å². The highest BCUT2D eigenvalue weighted by atomic mass is 16.5. The molecule has 1 aromatic carbocycles. The number of methoxy groups -OCH3 is 1. The lowest BCUT2D eigenvalue weighted by Crippen LogP contribution is -2.17. The molecule has 150 valence electrons. The lowest BCUT2D eigenvalue weighted by atomic mass is 9.87. The van der Waals surface area contributed by atoms with Crippen molar-refractivity contribution in [3.8, 4) is 5.88 Å². The molecular weight excluding hydrogens is 366 g/mol. The van der Waals surface area contributed by atoms with Crippen LogP contribution in [0.4, 0.5) is 11.5 Å². The number of pyridine rings is 1. The van der Waals surface area contributed by atoms with E-state index >= 15 is 0 Å². The Morgan fingerprint density at radius 1 is 1.07 bits per heavy atom. The summed E-state index contributed by atoms with van der Waals surface area (Å²) < 4.78 is 5.13. The number of nitrogens with one attached hydrogen (secondary N) is 2. The number of hydrogen-bond donors (Lipinski definition) is 2. The number of ether oxygens (including phenoxy) is 1. The Hall–Kier alpha value is -3.48. The number of carbonyl (C=O) groups is 1. The molecule has 0 saturated carbocycles. The van der Waals surface area contributed by atoms with E-state index in [1.54, 1.807) is 19.4 Å². The second-order valence-electron chi connectivity index (χ2n) is 7.63. The number of rotatable bonds is 6. The molecule has 0 aliphatic rings. The van der Waals surface area contributed by atoms with Crippen LogP contribution in [0.3, 0.4) is 0 Å². The van der Waals surface area contributed by atoms with Crippen LogP contribution < -0.4 is 15.4 Å². The van der Waals surface area contributed by atoms with Gasteiger partial charge in [0, 0.05) is 24.5 Å². The predicted octanol–water partition coefficient (Wildman–Crippen LogP) is 4.04. The molecule has 2 aromatic heterocycles. The molecule has 0 spiro atoms. The van der Waals surface area contributed by atoms with Gasteiger partial charge in [0.2, 0.25) is 5.88 Å². The van der Waals surface area contributed by atoms with Gasteiger partial charge in [-0.05, 0) is 40.8 Å². The van der Waals surface area contributed by atoms with Crippen LogP contribution in [-0.4, -0.2) is 28.2 Å². The van der Waals surface area contributed by atoms with E-state index in [4.69, 9.17) is 4.74 Å². The molecule has 2 N–H and O–H groups in total. The summed E-state index contributed by atoms with van der Waals surface area (Å²) in [6.07, 6.45) is 3.17. The molecule has 0 atom stereocenters. The van der Waals surface area contributed by atoms with Crippen molar-refractivity contribution in [2.24, 2.45) is 0 Å². The van der Waals surface area contributed by atoms with Crippen molar-refractivity contribution in [2.75, 3.05) is 17.7 Å². The summed E-state index contributed by atoms with van der Waals surface area (Å²) in [5.74, 6) is 0.686. The van der Waals surface area contributed by atoms with Crippen LogP contribution in [-0.2, 0) is 12.0 Å². The lowest BCUT2D eigenvalue weighted by Gasteiger charge is -2.19. The van der Waals surface area contributed by atoms with E-state index in [-0.39, 0.29) is 11.3 Å². The Morgan fingerprint density at radius 2 is 1.83 bits per heavy atom. The fraction of sp³-hybridized carbons (Fsp3) is 0.273. The van der Waals surface area contributed by atoms with Crippen LogP contribution in [0.2, 0.25) is 0 Å². The van der Waals surface area contributed by atoms with Crippen LogP contribution in [0, 0.1) is 0 Å². The van der Waals surface area contributed by atoms with Crippen LogP contribution in [0.15, 0.2) is 54.9 Å². The molecular formula is C22H25N5O2. The SMILES string of the molecule is COc1cc(CNc2nnccc2C(=O)Nc2ccc(C(C)(C)C)cc2)ccn1. The molecule has 7 nitrogen and oxygen atoms in total.